The van der Waals surface area contributed by atoms with Crippen LogP contribution in [0.15, 0.2) is 4.99 Å². The van der Waals surface area contributed by atoms with Crippen molar-refractivity contribution in [1.82, 2.24) is 25.3 Å². The van der Waals surface area contributed by atoms with Crippen LogP contribution in [0.5, 0.6) is 0 Å². The molecule has 0 radical (unpaired) electrons. The van der Waals surface area contributed by atoms with Crippen molar-refractivity contribution < 1.29 is 4.79 Å². The van der Waals surface area contributed by atoms with E-state index >= 15 is 0 Å². The van der Waals surface area contributed by atoms with Gasteiger partial charge in [-0.25, -0.2) is 0 Å². The number of hydrogen-bond donors (Lipinski definition) is 2. The largest absolute Gasteiger partial charge is 0.357 e. The van der Waals surface area contributed by atoms with Crippen molar-refractivity contribution in [3.63, 3.8) is 0 Å². The van der Waals surface area contributed by atoms with Crippen molar-refractivity contribution in [2.45, 2.75) is 52.6 Å². The molecule has 150 valence electrons. The molecule has 2 aliphatic rings. The Kier molecular flexibility index (Phi) is 8.65. The second-order valence-corrected chi connectivity index (χ2v) is 7.36. The number of likely N-dealkylation sites (N-methyl/N-ethyl adjacent to an activating group) is 1. The van der Waals surface area contributed by atoms with Crippen molar-refractivity contribution in [2.75, 3.05) is 58.9 Å². The Labute approximate surface area is 159 Å². The highest BCUT2D eigenvalue weighted by molar-refractivity contribution is 5.80. The first-order valence-electron chi connectivity index (χ1n) is 10.4. The molecule has 0 aromatic rings. The first kappa shape index (κ1) is 21.0. The molecule has 2 unspecified atom stereocenters. The summed E-state index contributed by atoms with van der Waals surface area (Å²) in [6, 6.07) is 0.748. The van der Waals surface area contributed by atoms with Crippen LogP contribution in [0.25, 0.3) is 0 Å². The van der Waals surface area contributed by atoms with Gasteiger partial charge >= 0.3 is 0 Å². The average Bonchev–Trinajstić information content (AvgIpc) is 3.14. The van der Waals surface area contributed by atoms with E-state index in [0.29, 0.717) is 18.5 Å². The van der Waals surface area contributed by atoms with E-state index in [9.17, 15) is 4.79 Å². The predicted molar refractivity (Wildman–Crippen MR) is 108 cm³/mol. The van der Waals surface area contributed by atoms with Gasteiger partial charge in [-0.15, -0.1) is 0 Å². The molecule has 0 aromatic carbocycles. The predicted octanol–water partition coefficient (Wildman–Crippen LogP) is 0.578. The molecule has 0 bridgehead atoms. The van der Waals surface area contributed by atoms with Gasteiger partial charge in [-0.05, 0) is 26.8 Å². The third kappa shape index (κ3) is 6.13. The topological polar surface area (TPSA) is 63.2 Å². The summed E-state index contributed by atoms with van der Waals surface area (Å²) in [5, 5.41) is 6.87. The molecule has 0 aliphatic carbocycles. The van der Waals surface area contributed by atoms with Gasteiger partial charge in [-0.1, -0.05) is 13.8 Å². The molecule has 2 heterocycles. The standard InChI is InChI=1S/C19H38N6O/c1-5-18(26)25-9-8-17(15-25)22-19(20-6-2)21-14-16(4)24-12-10-23(7-3)11-13-24/h16-17H,5-15H2,1-4H3,(H2,20,21,22). The lowest BCUT2D eigenvalue weighted by Crippen LogP contribution is -2.50. The molecule has 2 rings (SSSR count). The zero-order chi connectivity index (χ0) is 18.9. The van der Waals surface area contributed by atoms with Crippen molar-refractivity contribution in [3.05, 3.63) is 0 Å². The molecule has 0 spiro atoms. The number of rotatable bonds is 7. The summed E-state index contributed by atoms with van der Waals surface area (Å²) in [7, 11) is 0. The molecule has 2 fully saturated rings. The molecule has 2 atom stereocenters. The zero-order valence-electron chi connectivity index (χ0n) is 17.1. The quantitative estimate of drug-likeness (QED) is 0.510. The van der Waals surface area contributed by atoms with E-state index in [1.54, 1.807) is 0 Å². The van der Waals surface area contributed by atoms with E-state index in [0.717, 1.165) is 71.3 Å². The summed E-state index contributed by atoms with van der Waals surface area (Å²) in [4.78, 5) is 23.7. The van der Waals surface area contributed by atoms with Gasteiger partial charge in [0.2, 0.25) is 5.91 Å². The van der Waals surface area contributed by atoms with Gasteiger partial charge in [0.25, 0.3) is 0 Å². The summed E-state index contributed by atoms with van der Waals surface area (Å²) in [6.45, 7) is 17.5. The molecule has 7 heteroatoms. The van der Waals surface area contributed by atoms with Gasteiger partial charge in [-0.3, -0.25) is 14.7 Å². The van der Waals surface area contributed by atoms with Crippen molar-refractivity contribution in [3.8, 4) is 0 Å². The van der Waals surface area contributed by atoms with Crippen LogP contribution in [0.1, 0.15) is 40.5 Å². The lowest BCUT2D eigenvalue weighted by Gasteiger charge is -2.37. The summed E-state index contributed by atoms with van der Waals surface area (Å²) in [5.41, 5.74) is 0. The molecule has 2 N–H and O–H groups in total. The lowest BCUT2D eigenvalue weighted by atomic mass is 10.2. The number of nitrogens with zero attached hydrogens (tertiary/aromatic N) is 4. The third-order valence-corrected chi connectivity index (χ3v) is 5.52. The Hall–Kier alpha value is -1.34. The minimum Gasteiger partial charge on any atom is -0.357 e. The van der Waals surface area contributed by atoms with E-state index in [2.05, 4.69) is 41.2 Å². The van der Waals surface area contributed by atoms with Gasteiger partial charge in [0.05, 0.1) is 6.54 Å². The van der Waals surface area contributed by atoms with Gasteiger partial charge in [0, 0.05) is 64.3 Å². The van der Waals surface area contributed by atoms with Crippen LogP contribution in [-0.4, -0.2) is 97.6 Å². The Morgan fingerprint density at radius 3 is 2.50 bits per heavy atom. The maximum Gasteiger partial charge on any atom is 0.222 e. The Morgan fingerprint density at radius 1 is 1.15 bits per heavy atom. The van der Waals surface area contributed by atoms with Crippen LogP contribution >= 0.6 is 0 Å². The van der Waals surface area contributed by atoms with Crippen LogP contribution in [0.3, 0.4) is 0 Å². The SMILES string of the molecule is CCNC(=NCC(C)N1CCN(CC)CC1)NC1CCN(C(=O)CC)C1. The number of guanidine groups is 1. The van der Waals surface area contributed by atoms with Crippen molar-refractivity contribution in [2.24, 2.45) is 4.99 Å². The van der Waals surface area contributed by atoms with E-state index in [1.807, 2.05) is 11.8 Å². The molecule has 0 aromatic heterocycles. The van der Waals surface area contributed by atoms with Crippen LogP contribution in [0.2, 0.25) is 0 Å². The van der Waals surface area contributed by atoms with E-state index in [4.69, 9.17) is 4.99 Å². The maximum atomic E-state index is 11.8. The summed E-state index contributed by atoms with van der Waals surface area (Å²) in [6.07, 6.45) is 1.58. The number of hydrogen-bond acceptors (Lipinski definition) is 4. The van der Waals surface area contributed by atoms with Crippen molar-refractivity contribution in [1.29, 1.82) is 0 Å². The van der Waals surface area contributed by atoms with E-state index in [-0.39, 0.29) is 5.91 Å². The number of amides is 1. The molecule has 0 saturated carbocycles. The third-order valence-electron chi connectivity index (χ3n) is 5.52. The van der Waals surface area contributed by atoms with Crippen LogP contribution in [-0.2, 0) is 4.79 Å². The molecule has 2 saturated heterocycles. The number of likely N-dealkylation sites (tertiary alicyclic amines) is 1. The molecule has 26 heavy (non-hydrogen) atoms. The minimum atomic E-state index is 0.246. The van der Waals surface area contributed by atoms with Gasteiger partial charge in [0.1, 0.15) is 0 Å². The lowest BCUT2D eigenvalue weighted by molar-refractivity contribution is -0.129. The zero-order valence-corrected chi connectivity index (χ0v) is 17.1. The summed E-state index contributed by atoms with van der Waals surface area (Å²) >= 11 is 0. The normalized spacial score (nSPS) is 23.9. The number of aliphatic imine (C=N–C) groups is 1. The summed E-state index contributed by atoms with van der Waals surface area (Å²) in [5.74, 6) is 1.12. The smallest absolute Gasteiger partial charge is 0.222 e. The molecule has 7 nitrogen and oxygen atoms in total. The van der Waals surface area contributed by atoms with E-state index < -0.39 is 0 Å². The Balaban J connectivity index is 1.81. The number of carbonyl (C=O) groups excluding carboxylic acids is 1. The number of carbonyl (C=O) groups is 1. The highest BCUT2D eigenvalue weighted by atomic mass is 16.2. The molecule has 2 aliphatic heterocycles. The van der Waals surface area contributed by atoms with Crippen molar-refractivity contribution >= 4 is 11.9 Å². The van der Waals surface area contributed by atoms with Gasteiger partial charge < -0.3 is 20.4 Å². The number of piperazine rings is 1. The average molecular weight is 367 g/mol. The first-order chi connectivity index (χ1) is 12.6. The Bertz CT molecular complexity index is 461. The highest BCUT2D eigenvalue weighted by Crippen LogP contribution is 2.11. The fraction of sp³-hybridized carbons (Fsp3) is 0.895. The molecule has 1 amide bonds. The minimum absolute atomic E-state index is 0.246. The van der Waals surface area contributed by atoms with Gasteiger partial charge in [0.15, 0.2) is 5.96 Å². The molecular formula is C19H38N6O. The Morgan fingerprint density at radius 2 is 1.88 bits per heavy atom. The number of nitrogens with one attached hydrogen (secondary N) is 2. The van der Waals surface area contributed by atoms with Crippen LogP contribution < -0.4 is 10.6 Å². The monoisotopic (exact) mass is 366 g/mol. The second-order valence-electron chi connectivity index (χ2n) is 7.36. The van der Waals surface area contributed by atoms with Gasteiger partial charge in [-0.2, -0.15) is 0 Å². The maximum absolute atomic E-state index is 11.8. The second kappa shape index (κ2) is 10.7. The van der Waals surface area contributed by atoms with E-state index in [1.165, 1.54) is 0 Å². The fourth-order valence-corrected chi connectivity index (χ4v) is 3.70. The first-order valence-corrected chi connectivity index (χ1v) is 10.4. The van der Waals surface area contributed by atoms with Crippen LogP contribution in [0.4, 0.5) is 0 Å². The van der Waals surface area contributed by atoms with Crippen LogP contribution in [0, 0.1) is 0 Å². The fourth-order valence-electron chi connectivity index (χ4n) is 3.70. The summed E-state index contributed by atoms with van der Waals surface area (Å²) < 4.78 is 0. The highest BCUT2D eigenvalue weighted by Gasteiger charge is 2.26. The molecular weight excluding hydrogens is 328 g/mol.